The minimum absolute atomic E-state index is 0.0279. The maximum Gasteiger partial charge on any atom is 0.252 e. The molecular weight excluding hydrogens is 324 g/mol. The molecule has 1 aromatic heterocycles. The molecule has 0 aliphatic rings. The number of hydrogen-bond donors (Lipinski definition) is 1. The molecule has 1 atom stereocenters. The second-order valence-corrected chi connectivity index (χ2v) is 6.07. The van der Waals surface area contributed by atoms with Crippen LogP contribution in [0.25, 0.3) is 0 Å². The van der Waals surface area contributed by atoms with Crippen LogP contribution in [0.1, 0.15) is 40.3 Å². The number of thiazole rings is 1. The van der Waals surface area contributed by atoms with Crippen LogP contribution in [0.4, 0.5) is 0 Å². The minimum atomic E-state index is -0.0716. The van der Waals surface area contributed by atoms with Gasteiger partial charge in [-0.3, -0.25) is 4.79 Å². The number of carbonyl (C=O) groups is 1. The van der Waals surface area contributed by atoms with Crippen molar-refractivity contribution in [2.75, 3.05) is 0 Å². The standard InChI is InChI=1S/C14H15BrN2OS/c1-3-12(14-16-6-7-19-14)17-13(18)10-8-9(2)4-5-11(10)15/h4-8,12H,3H2,1-2H3,(H,17,18). The fraction of sp³-hybridized carbons (Fsp3) is 0.286. The predicted molar refractivity (Wildman–Crippen MR) is 81.5 cm³/mol. The Bertz CT molecular complexity index is 569. The van der Waals surface area contributed by atoms with E-state index in [4.69, 9.17) is 0 Å². The first kappa shape index (κ1) is 14.2. The Hall–Kier alpha value is -1.20. The van der Waals surface area contributed by atoms with Crippen molar-refractivity contribution in [1.29, 1.82) is 0 Å². The Morgan fingerprint density at radius 2 is 2.32 bits per heavy atom. The summed E-state index contributed by atoms with van der Waals surface area (Å²) in [6.07, 6.45) is 2.58. The lowest BCUT2D eigenvalue weighted by molar-refractivity contribution is 0.0934. The van der Waals surface area contributed by atoms with Gasteiger partial charge in [0, 0.05) is 16.0 Å². The maximum atomic E-state index is 12.3. The van der Waals surface area contributed by atoms with Gasteiger partial charge in [-0.2, -0.15) is 0 Å². The summed E-state index contributed by atoms with van der Waals surface area (Å²) in [6.45, 7) is 4.01. The molecule has 1 heterocycles. The Labute approximate surface area is 125 Å². The van der Waals surface area contributed by atoms with Crippen LogP contribution in [0.5, 0.6) is 0 Å². The highest BCUT2D eigenvalue weighted by molar-refractivity contribution is 9.10. The molecule has 1 N–H and O–H groups in total. The molecule has 100 valence electrons. The van der Waals surface area contributed by atoms with Gasteiger partial charge in [0.05, 0.1) is 11.6 Å². The summed E-state index contributed by atoms with van der Waals surface area (Å²) in [5.74, 6) is -0.0716. The number of aromatic nitrogens is 1. The number of nitrogens with zero attached hydrogens (tertiary/aromatic N) is 1. The molecule has 1 amide bonds. The molecular formula is C14H15BrN2OS. The second-order valence-electron chi connectivity index (χ2n) is 4.29. The van der Waals surface area contributed by atoms with E-state index in [1.807, 2.05) is 37.4 Å². The first-order valence-corrected chi connectivity index (χ1v) is 7.75. The van der Waals surface area contributed by atoms with Gasteiger partial charge in [-0.25, -0.2) is 4.98 Å². The molecule has 3 nitrogen and oxygen atoms in total. The van der Waals surface area contributed by atoms with E-state index in [9.17, 15) is 4.79 Å². The van der Waals surface area contributed by atoms with Crippen LogP contribution in [-0.4, -0.2) is 10.9 Å². The van der Waals surface area contributed by atoms with Crippen LogP contribution >= 0.6 is 27.3 Å². The highest BCUT2D eigenvalue weighted by Crippen LogP contribution is 2.22. The quantitative estimate of drug-likeness (QED) is 0.911. The minimum Gasteiger partial charge on any atom is -0.343 e. The highest BCUT2D eigenvalue weighted by Gasteiger charge is 2.17. The van der Waals surface area contributed by atoms with Crippen molar-refractivity contribution in [3.8, 4) is 0 Å². The van der Waals surface area contributed by atoms with E-state index in [1.165, 1.54) is 0 Å². The van der Waals surface area contributed by atoms with E-state index in [0.717, 1.165) is 21.5 Å². The molecule has 2 rings (SSSR count). The maximum absolute atomic E-state index is 12.3. The summed E-state index contributed by atoms with van der Waals surface area (Å²) in [5.41, 5.74) is 1.73. The van der Waals surface area contributed by atoms with Crippen molar-refractivity contribution < 1.29 is 4.79 Å². The van der Waals surface area contributed by atoms with Gasteiger partial charge in [-0.15, -0.1) is 11.3 Å². The molecule has 0 aliphatic heterocycles. The highest BCUT2D eigenvalue weighted by atomic mass is 79.9. The molecule has 1 aromatic carbocycles. The van der Waals surface area contributed by atoms with Gasteiger partial charge in [-0.05, 0) is 41.4 Å². The number of rotatable bonds is 4. The molecule has 0 radical (unpaired) electrons. The van der Waals surface area contributed by atoms with Gasteiger partial charge < -0.3 is 5.32 Å². The van der Waals surface area contributed by atoms with Gasteiger partial charge in [0.15, 0.2) is 0 Å². The Kier molecular flexibility index (Phi) is 4.71. The van der Waals surface area contributed by atoms with Crippen molar-refractivity contribution in [3.63, 3.8) is 0 Å². The monoisotopic (exact) mass is 338 g/mol. The van der Waals surface area contributed by atoms with Crippen molar-refractivity contribution in [2.45, 2.75) is 26.3 Å². The zero-order valence-corrected chi connectivity index (χ0v) is 13.2. The van der Waals surface area contributed by atoms with Crippen LogP contribution in [0.2, 0.25) is 0 Å². The molecule has 0 spiro atoms. The second kappa shape index (κ2) is 6.30. The Balaban J connectivity index is 2.18. The number of amides is 1. The topological polar surface area (TPSA) is 42.0 Å². The number of nitrogens with one attached hydrogen (secondary N) is 1. The number of carbonyl (C=O) groups excluding carboxylic acids is 1. The van der Waals surface area contributed by atoms with Crippen molar-refractivity contribution in [3.05, 3.63) is 50.4 Å². The van der Waals surface area contributed by atoms with Crippen molar-refractivity contribution in [1.82, 2.24) is 10.3 Å². The SMILES string of the molecule is CCC(NC(=O)c1cc(C)ccc1Br)c1nccs1. The van der Waals surface area contributed by atoms with Crippen LogP contribution < -0.4 is 5.32 Å². The average Bonchev–Trinajstić information content (AvgIpc) is 2.92. The van der Waals surface area contributed by atoms with Crippen molar-refractivity contribution >= 4 is 33.2 Å². The van der Waals surface area contributed by atoms with E-state index < -0.39 is 0 Å². The summed E-state index contributed by atoms with van der Waals surface area (Å²) < 4.78 is 0.810. The van der Waals surface area contributed by atoms with Gasteiger partial charge in [0.25, 0.3) is 5.91 Å². The third kappa shape index (κ3) is 3.42. The van der Waals surface area contributed by atoms with Gasteiger partial charge in [0.2, 0.25) is 0 Å². The van der Waals surface area contributed by atoms with Gasteiger partial charge >= 0.3 is 0 Å². The van der Waals surface area contributed by atoms with Crippen LogP contribution in [0.3, 0.4) is 0 Å². The van der Waals surface area contributed by atoms with Gasteiger partial charge in [-0.1, -0.05) is 18.6 Å². The van der Waals surface area contributed by atoms with E-state index in [2.05, 4.69) is 26.2 Å². The molecule has 0 fully saturated rings. The lowest BCUT2D eigenvalue weighted by Crippen LogP contribution is -2.28. The summed E-state index contributed by atoms with van der Waals surface area (Å²) >= 11 is 4.98. The molecule has 19 heavy (non-hydrogen) atoms. The van der Waals surface area contributed by atoms with E-state index in [1.54, 1.807) is 17.5 Å². The fourth-order valence-electron chi connectivity index (χ4n) is 1.79. The van der Waals surface area contributed by atoms with Crippen LogP contribution in [-0.2, 0) is 0 Å². The summed E-state index contributed by atoms with van der Waals surface area (Å²) in [7, 11) is 0. The van der Waals surface area contributed by atoms with E-state index >= 15 is 0 Å². The first-order valence-electron chi connectivity index (χ1n) is 6.08. The summed E-state index contributed by atoms with van der Waals surface area (Å²) in [5, 5.41) is 5.90. The zero-order chi connectivity index (χ0) is 13.8. The largest absolute Gasteiger partial charge is 0.343 e. The number of hydrogen-bond acceptors (Lipinski definition) is 3. The lowest BCUT2D eigenvalue weighted by atomic mass is 10.1. The molecule has 0 saturated carbocycles. The average molecular weight is 339 g/mol. The molecule has 0 aliphatic carbocycles. The molecule has 2 aromatic rings. The normalized spacial score (nSPS) is 12.2. The number of benzene rings is 1. The smallest absolute Gasteiger partial charge is 0.252 e. The number of aryl methyl sites for hydroxylation is 1. The van der Waals surface area contributed by atoms with Crippen molar-refractivity contribution in [2.24, 2.45) is 0 Å². The fourth-order valence-corrected chi connectivity index (χ4v) is 2.99. The van der Waals surface area contributed by atoms with Crippen LogP contribution in [0, 0.1) is 6.92 Å². The zero-order valence-electron chi connectivity index (χ0n) is 10.8. The van der Waals surface area contributed by atoms with E-state index in [0.29, 0.717) is 5.56 Å². The molecule has 1 unspecified atom stereocenters. The third-order valence-electron chi connectivity index (χ3n) is 2.83. The molecule has 0 saturated heterocycles. The Morgan fingerprint density at radius 3 is 2.95 bits per heavy atom. The number of halogens is 1. The van der Waals surface area contributed by atoms with E-state index in [-0.39, 0.29) is 11.9 Å². The predicted octanol–water partition coefficient (Wildman–Crippen LogP) is 4.10. The Morgan fingerprint density at radius 1 is 1.53 bits per heavy atom. The molecule has 5 heteroatoms. The molecule has 0 bridgehead atoms. The third-order valence-corrected chi connectivity index (χ3v) is 4.41. The summed E-state index contributed by atoms with van der Waals surface area (Å²) in [4.78, 5) is 16.6. The van der Waals surface area contributed by atoms with Gasteiger partial charge in [0.1, 0.15) is 5.01 Å². The van der Waals surface area contributed by atoms with Crippen LogP contribution in [0.15, 0.2) is 34.2 Å². The summed E-state index contributed by atoms with van der Waals surface area (Å²) in [6, 6.07) is 5.72. The lowest BCUT2D eigenvalue weighted by Gasteiger charge is -2.15. The first-order chi connectivity index (χ1) is 9.11.